The lowest BCUT2D eigenvalue weighted by Gasteiger charge is -2.16. The van der Waals surface area contributed by atoms with Crippen LogP contribution in [0.2, 0.25) is 0 Å². The van der Waals surface area contributed by atoms with E-state index in [0.29, 0.717) is 30.4 Å². The van der Waals surface area contributed by atoms with Crippen molar-refractivity contribution in [3.8, 4) is 0 Å². The van der Waals surface area contributed by atoms with Crippen LogP contribution >= 0.6 is 11.3 Å². The molecule has 0 saturated carbocycles. The normalized spacial score (nSPS) is 12.6. The first-order valence-corrected chi connectivity index (χ1v) is 11.9. The van der Waals surface area contributed by atoms with Crippen molar-refractivity contribution in [1.29, 1.82) is 0 Å². The molecular formula is C18H34N4O3S2. The summed E-state index contributed by atoms with van der Waals surface area (Å²) in [5.74, 6) is 0.779. The van der Waals surface area contributed by atoms with Crippen LogP contribution in [0, 0.1) is 0 Å². The van der Waals surface area contributed by atoms with Crippen LogP contribution in [-0.4, -0.2) is 64.6 Å². The maximum atomic E-state index is 12.5. The molecule has 0 radical (unpaired) electrons. The number of aliphatic imine (C=N–C) groups is 1. The zero-order valence-corrected chi connectivity index (χ0v) is 18.6. The van der Waals surface area contributed by atoms with Gasteiger partial charge in [0.05, 0.1) is 0 Å². The van der Waals surface area contributed by atoms with Gasteiger partial charge in [-0.3, -0.25) is 4.99 Å². The van der Waals surface area contributed by atoms with Gasteiger partial charge in [0.1, 0.15) is 4.21 Å². The SMILES string of the molecule is CCNC(=NCCCOCC)NCCc1ccc(S(=O)(=O)N(CC)CC)s1. The van der Waals surface area contributed by atoms with Crippen molar-refractivity contribution in [3.63, 3.8) is 0 Å². The topological polar surface area (TPSA) is 83.0 Å². The Morgan fingerprint density at radius 3 is 2.56 bits per heavy atom. The van der Waals surface area contributed by atoms with E-state index in [1.807, 2.05) is 33.8 Å². The Bertz CT molecular complexity index is 655. The van der Waals surface area contributed by atoms with Crippen molar-refractivity contribution in [3.05, 3.63) is 17.0 Å². The van der Waals surface area contributed by atoms with E-state index in [-0.39, 0.29) is 0 Å². The van der Waals surface area contributed by atoms with Gasteiger partial charge in [0, 0.05) is 50.8 Å². The van der Waals surface area contributed by atoms with Crippen molar-refractivity contribution >= 4 is 27.3 Å². The van der Waals surface area contributed by atoms with Crippen LogP contribution in [0.5, 0.6) is 0 Å². The molecule has 1 rings (SSSR count). The fourth-order valence-electron chi connectivity index (χ4n) is 2.47. The highest BCUT2D eigenvalue weighted by molar-refractivity contribution is 7.91. The predicted molar refractivity (Wildman–Crippen MR) is 113 cm³/mol. The Morgan fingerprint density at radius 2 is 1.93 bits per heavy atom. The molecule has 0 atom stereocenters. The Balaban J connectivity index is 2.55. The highest BCUT2D eigenvalue weighted by Gasteiger charge is 2.23. The summed E-state index contributed by atoms with van der Waals surface area (Å²) in [6.45, 7) is 12.3. The third kappa shape index (κ3) is 8.16. The van der Waals surface area contributed by atoms with E-state index < -0.39 is 10.0 Å². The minimum atomic E-state index is -3.37. The molecule has 27 heavy (non-hydrogen) atoms. The van der Waals surface area contributed by atoms with Gasteiger partial charge >= 0.3 is 0 Å². The zero-order chi connectivity index (χ0) is 20.1. The van der Waals surface area contributed by atoms with Gasteiger partial charge in [-0.15, -0.1) is 11.3 Å². The lowest BCUT2D eigenvalue weighted by Crippen LogP contribution is -2.38. The lowest BCUT2D eigenvalue weighted by molar-refractivity contribution is 0.146. The molecule has 7 nitrogen and oxygen atoms in total. The van der Waals surface area contributed by atoms with Crippen molar-refractivity contribution in [2.45, 2.75) is 44.7 Å². The molecule has 0 amide bonds. The van der Waals surface area contributed by atoms with Crippen LogP contribution < -0.4 is 10.6 Å². The van der Waals surface area contributed by atoms with Gasteiger partial charge < -0.3 is 15.4 Å². The van der Waals surface area contributed by atoms with Gasteiger partial charge in [0.15, 0.2) is 5.96 Å². The second-order valence-corrected chi connectivity index (χ2v) is 9.13. The molecule has 1 aromatic heterocycles. The van der Waals surface area contributed by atoms with E-state index in [2.05, 4.69) is 15.6 Å². The highest BCUT2D eigenvalue weighted by atomic mass is 32.2. The molecule has 0 unspecified atom stereocenters. The monoisotopic (exact) mass is 418 g/mol. The average molecular weight is 419 g/mol. The third-order valence-electron chi connectivity index (χ3n) is 3.87. The first kappa shape index (κ1) is 23.9. The summed E-state index contributed by atoms with van der Waals surface area (Å²) in [5, 5.41) is 6.52. The summed E-state index contributed by atoms with van der Waals surface area (Å²) in [6.07, 6.45) is 1.64. The van der Waals surface area contributed by atoms with Gasteiger partial charge in [0.25, 0.3) is 10.0 Å². The first-order chi connectivity index (χ1) is 13.0. The molecule has 0 bridgehead atoms. The lowest BCUT2D eigenvalue weighted by atomic mass is 10.3. The van der Waals surface area contributed by atoms with E-state index in [0.717, 1.165) is 43.4 Å². The van der Waals surface area contributed by atoms with Crippen molar-refractivity contribution in [2.75, 3.05) is 45.9 Å². The fraction of sp³-hybridized carbons (Fsp3) is 0.722. The highest BCUT2D eigenvalue weighted by Crippen LogP contribution is 2.25. The predicted octanol–water partition coefficient (Wildman–Crippen LogP) is 2.30. The maximum absolute atomic E-state index is 12.5. The molecule has 9 heteroatoms. The molecule has 1 aromatic rings. The van der Waals surface area contributed by atoms with Crippen LogP contribution in [0.4, 0.5) is 0 Å². The molecule has 0 fully saturated rings. The molecule has 0 aromatic carbocycles. The number of hydrogen-bond acceptors (Lipinski definition) is 5. The number of ether oxygens (including phenoxy) is 1. The van der Waals surface area contributed by atoms with Crippen LogP contribution in [-0.2, 0) is 21.2 Å². The summed E-state index contributed by atoms with van der Waals surface area (Å²) in [7, 11) is -3.37. The second kappa shape index (κ2) is 13.1. The van der Waals surface area contributed by atoms with E-state index in [4.69, 9.17) is 4.74 Å². The number of nitrogens with zero attached hydrogens (tertiary/aromatic N) is 2. The standard InChI is InChI=1S/C18H34N4O3S2/c1-5-19-18(20-13-9-15-25-8-4)21-14-12-16-10-11-17(26-16)27(23,24)22(6-2)7-3/h10-11H,5-9,12-15H2,1-4H3,(H2,19,20,21). The minimum Gasteiger partial charge on any atom is -0.382 e. The molecule has 0 aliphatic rings. The molecule has 1 heterocycles. The Labute approximate surface area is 168 Å². The first-order valence-electron chi connectivity index (χ1n) is 9.68. The third-order valence-corrected chi connectivity index (χ3v) is 7.53. The van der Waals surface area contributed by atoms with Crippen molar-refractivity contribution in [2.24, 2.45) is 4.99 Å². The largest absolute Gasteiger partial charge is 0.382 e. The number of guanidine groups is 1. The van der Waals surface area contributed by atoms with Gasteiger partial charge in [0.2, 0.25) is 0 Å². The second-order valence-electron chi connectivity index (χ2n) is 5.80. The quantitative estimate of drug-likeness (QED) is 0.292. The fourth-order valence-corrected chi connectivity index (χ4v) is 5.44. The van der Waals surface area contributed by atoms with E-state index >= 15 is 0 Å². The molecule has 0 spiro atoms. The molecule has 0 aliphatic carbocycles. The van der Waals surface area contributed by atoms with Gasteiger partial charge in [-0.2, -0.15) is 4.31 Å². The summed E-state index contributed by atoms with van der Waals surface area (Å²) >= 11 is 1.34. The van der Waals surface area contributed by atoms with Gasteiger partial charge in [-0.25, -0.2) is 8.42 Å². The van der Waals surface area contributed by atoms with Crippen molar-refractivity contribution in [1.82, 2.24) is 14.9 Å². The molecule has 2 N–H and O–H groups in total. The van der Waals surface area contributed by atoms with Crippen LogP contribution in [0.25, 0.3) is 0 Å². The summed E-state index contributed by atoms with van der Waals surface area (Å²) in [5.41, 5.74) is 0. The molecule has 0 aliphatic heterocycles. The number of sulfonamides is 1. The smallest absolute Gasteiger partial charge is 0.252 e. The van der Waals surface area contributed by atoms with Crippen molar-refractivity contribution < 1.29 is 13.2 Å². The van der Waals surface area contributed by atoms with E-state index in [1.165, 1.54) is 15.6 Å². The Morgan fingerprint density at radius 1 is 1.19 bits per heavy atom. The average Bonchev–Trinajstić information content (AvgIpc) is 3.12. The summed E-state index contributed by atoms with van der Waals surface area (Å²) in [6, 6.07) is 3.61. The summed E-state index contributed by atoms with van der Waals surface area (Å²) < 4.78 is 32.3. The molecular weight excluding hydrogens is 384 g/mol. The zero-order valence-electron chi connectivity index (χ0n) is 17.0. The number of rotatable bonds is 13. The van der Waals surface area contributed by atoms with Crippen LogP contribution in [0.15, 0.2) is 21.3 Å². The summed E-state index contributed by atoms with van der Waals surface area (Å²) in [4.78, 5) is 5.56. The number of nitrogens with one attached hydrogen (secondary N) is 2. The number of thiophene rings is 1. The Hall–Kier alpha value is -1.16. The Kier molecular flexibility index (Phi) is 11.6. The van der Waals surface area contributed by atoms with Crippen LogP contribution in [0.3, 0.4) is 0 Å². The van der Waals surface area contributed by atoms with E-state index in [1.54, 1.807) is 6.07 Å². The van der Waals surface area contributed by atoms with Gasteiger partial charge in [-0.05, 0) is 38.8 Å². The number of hydrogen-bond donors (Lipinski definition) is 2. The molecule has 156 valence electrons. The minimum absolute atomic E-state index is 0.415. The van der Waals surface area contributed by atoms with E-state index in [9.17, 15) is 8.42 Å². The van der Waals surface area contributed by atoms with Crippen LogP contribution in [0.1, 0.15) is 39.0 Å². The molecule has 0 saturated heterocycles. The maximum Gasteiger partial charge on any atom is 0.252 e. The van der Waals surface area contributed by atoms with Gasteiger partial charge in [-0.1, -0.05) is 13.8 Å².